The van der Waals surface area contributed by atoms with Crippen molar-refractivity contribution in [2.75, 3.05) is 0 Å². The zero-order chi connectivity index (χ0) is 14.0. The predicted octanol–water partition coefficient (Wildman–Crippen LogP) is 3.33. The highest BCUT2D eigenvalue weighted by molar-refractivity contribution is 5.81. The van der Waals surface area contributed by atoms with Crippen LogP contribution in [0.25, 0.3) is 0 Å². The van der Waals surface area contributed by atoms with Gasteiger partial charge in [0, 0.05) is 11.6 Å². The van der Waals surface area contributed by atoms with E-state index in [1.807, 2.05) is 32.9 Å². The molecule has 1 atom stereocenters. The molecular weight excluding hydrogens is 236 g/mol. The Kier molecular flexibility index (Phi) is 3.84. The summed E-state index contributed by atoms with van der Waals surface area (Å²) in [5.41, 5.74) is 4.21. The second kappa shape index (κ2) is 5.39. The minimum atomic E-state index is -0.0696. The molecule has 0 spiro atoms. The van der Waals surface area contributed by atoms with Gasteiger partial charge < -0.3 is 0 Å². The minimum Gasteiger partial charge on any atom is -0.272 e. The molecule has 1 aromatic heterocycles. The van der Waals surface area contributed by atoms with Crippen molar-refractivity contribution in [3.8, 4) is 0 Å². The van der Waals surface area contributed by atoms with Crippen LogP contribution in [-0.4, -0.2) is 15.7 Å². The van der Waals surface area contributed by atoms with E-state index >= 15 is 0 Å². The quantitative estimate of drug-likeness (QED) is 0.844. The Bertz CT molecular complexity index is 599. The van der Waals surface area contributed by atoms with Crippen LogP contribution in [-0.2, 0) is 6.42 Å². The summed E-state index contributed by atoms with van der Waals surface area (Å²) in [4.78, 5) is 12.4. The number of aromatic nitrogens is 2. The molecule has 0 saturated heterocycles. The highest BCUT2D eigenvalue weighted by Crippen LogP contribution is 2.13. The fourth-order valence-electron chi connectivity index (χ4n) is 2.34. The third-order valence-electron chi connectivity index (χ3n) is 3.26. The number of benzene rings is 1. The third-order valence-corrected chi connectivity index (χ3v) is 3.26. The van der Waals surface area contributed by atoms with Crippen LogP contribution in [0.5, 0.6) is 0 Å². The molecule has 0 aliphatic carbocycles. The summed E-state index contributed by atoms with van der Waals surface area (Å²) in [6.07, 6.45) is 0.749. The van der Waals surface area contributed by atoms with Gasteiger partial charge in [0.15, 0.2) is 0 Å². The molecule has 0 radical (unpaired) electrons. The second-order valence-corrected chi connectivity index (χ2v) is 5.27. The molecule has 1 aromatic carbocycles. The molecule has 3 heteroatoms. The Hall–Kier alpha value is -1.90. The number of hydrogen-bond acceptors (Lipinski definition) is 2. The van der Waals surface area contributed by atoms with Crippen molar-refractivity contribution in [2.45, 2.75) is 34.1 Å². The van der Waals surface area contributed by atoms with Crippen LogP contribution in [0.4, 0.5) is 0 Å². The number of aryl methyl sites for hydroxylation is 3. The Morgan fingerprint density at radius 1 is 1.26 bits per heavy atom. The summed E-state index contributed by atoms with van der Waals surface area (Å²) in [6.45, 7) is 7.84. The van der Waals surface area contributed by atoms with Gasteiger partial charge in [0.2, 0.25) is 5.91 Å². The van der Waals surface area contributed by atoms with Gasteiger partial charge in [0.05, 0.1) is 5.69 Å². The Morgan fingerprint density at radius 3 is 2.58 bits per heavy atom. The average molecular weight is 256 g/mol. The van der Waals surface area contributed by atoms with Crippen LogP contribution in [0, 0.1) is 26.7 Å². The minimum absolute atomic E-state index is 0.0621. The van der Waals surface area contributed by atoms with Crippen molar-refractivity contribution in [3.63, 3.8) is 0 Å². The van der Waals surface area contributed by atoms with Crippen molar-refractivity contribution >= 4 is 5.91 Å². The summed E-state index contributed by atoms with van der Waals surface area (Å²) in [5.74, 6) is -0.00749. The molecule has 0 N–H and O–H groups in total. The van der Waals surface area contributed by atoms with Crippen LogP contribution in [0.3, 0.4) is 0 Å². The summed E-state index contributed by atoms with van der Waals surface area (Å²) in [5, 5.41) is 4.26. The normalized spacial score (nSPS) is 12.4. The number of carbonyl (C=O) groups excluding carboxylic acids is 1. The SMILES string of the molecule is Cc1cccc(CC(C)C(=O)n2nc(C)cc2C)c1. The van der Waals surface area contributed by atoms with Crippen molar-refractivity contribution in [1.82, 2.24) is 9.78 Å². The van der Waals surface area contributed by atoms with Gasteiger partial charge in [-0.05, 0) is 38.8 Å². The Morgan fingerprint density at radius 2 is 2.00 bits per heavy atom. The molecule has 0 aliphatic rings. The first kappa shape index (κ1) is 13.5. The van der Waals surface area contributed by atoms with Crippen LogP contribution >= 0.6 is 0 Å². The lowest BCUT2D eigenvalue weighted by molar-refractivity contribution is 0.0824. The Balaban J connectivity index is 2.14. The smallest absolute Gasteiger partial charge is 0.250 e. The maximum atomic E-state index is 12.4. The van der Waals surface area contributed by atoms with Gasteiger partial charge >= 0.3 is 0 Å². The molecule has 0 aliphatic heterocycles. The van der Waals surface area contributed by atoms with Crippen molar-refractivity contribution < 1.29 is 4.79 Å². The van der Waals surface area contributed by atoms with Gasteiger partial charge in [-0.15, -0.1) is 0 Å². The number of carbonyl (C=O) groups is 1. The van der Waals surface area contributed by atoms with Crippen LogP contribution in [0.1, 0.15) is 34.2 Å². The van der Waals surface area contributed by atoms with Crippen molar-refractivity contribution in [3.05, 3.63) is 52.8 Å². The first-order valence-corrected chi connectivity index (χ1v) is 6.60. The van der Waals surface area contributed by atoms with Crippen molar-refractivity contribution in [1.29, 1.82) is 0 Å². The van der Waals surface area contributed by atoms with Gasteiger partial charge in [-0.1, -0.05) is 36.8 Å². The van der Waals surface area contributed by atoms with Gasteiger partial charge in [0.25, 0.3) is 0 Å². The molecule has 3 nitrogen and oxygen atoms in total. The first-order chi connectivity index (χ1) is 8.97. The highest BCUT2D eigenvalue weighted by Gasteiger charge is 2.18. The van der Waals surface area contributed by atoms with Gasteiger partial charge in [-0.3, -0.25) is 4.79 Å². The molecule has 0 amide bonds. The van der Waals surface area contributed by atoms with E-state index in [4.69, 9.17) is 0 Å². The summed E-state index contributed by atoms with van der Waals surface area (Å²) < 4.78 is 1.52. The Labute approximate surface area is 114 Å². The molecule has 2 rings (SSSR count). The zero-order valence-electron chi connectivity index (χ0n) is 12.0. The van der Waals surface area contributed by atoms with E-state index < -0.39 is 0 Å². The lowest BCUT2D eigenvalue weighted by atomic mass is 9.99. The summed E-state index contributed by atoms with van der Waals surface area (Å²) in [7, 11) is 0. The van der Waals surface area contributed by atoms with E-state index in [0.29, 0.717) is 0 Å². The topological polar surface area (TPSA) is 34.9 Å². The van der Waals surface area contributed by atoms with Gasteiger partial charge in [-0.25, -0.2) is 4.68 Å². The largest absolute Gasteiger partial charge is 0.272 e. The van der Waals surface area contributed by atoms with Crippen molar-refractivity contribution in [2.24, 2.45) is 5.92 Å². The van der Waals surface area contributed by atoms with E-state index in [-0.39, 0.29) is 11.8 Å². The van der Waals surface area contributed by atoms with E-state index in [2.05, 4.69) is 30.2 Å². The first-order valence-electron chi connectivity index (χ1n) is 6.60. The predicted molar refractivity (Wildman–Crippen MR) is 76.4 cm³/mol. The standard InChI is InChI=1S/C16H20N2O/c1-11-6-5-7-15(8-11)9-12(2)16(19)18-14(4)10-13(3)17-18/h5-8,10,12H,9H2,1-4H3. The maximum Gasteiger partial charge on any atom is 0.250 e. The highest BCUT2D eigenvalue weighted by atomic mass is 16.2. The van der Waals surface area contributed by atoms with E-state index in [9.17, 15) is 4.79 Å². The second-order valence-electron chi connectivity index (χ2n) is 5.27. The molecule has 1 unspecified atom stereocenters. The molecular formula is C16H20N2O. The maximum absolute atomic E-state index is 12.4. The monoisotopic (exact) mass is 256 g/mol. The summed E-state index contributed by atoms with van der Waals surface area (Å²) >= 11 is 0. The zero-order valence-corrected chi connectivity index (χ0v) is 12.0. The van der Waals surface area contributed by atoms with E-state index in [1.54, 1.807) is 0 Å². The number of nitrogens with zero attached hydrogens (tertiary/aromatic N) is 2. The molecule has 0 bridgehead atoms. The molecule has 1 heterocycles. The van der Waals surface area contributed by atoms with Gasteiger partial charge in [0.1, 0.15) is 0 Å². The fraction of sp³-hybridized carbons (Fsp3) is 0.375. The lowest BCUT2D eigenvalue weighted by Crippen LogP contribution is -2.23. The molecule has 2 aromatic rings. The summed E-state index contributed by atoms with van der Waals surface area (Å²) in [6, 6.07) is 10.2. The lowest BCUT2D eigenvalue weighted by Gasteiger charge is -2.12. The van der Waals surface area contributed by atoms with Crippen LogP contribution in [0.15, 0.2) is 30.3 Å². The number of rotatable bonds is 3. The molecule has 0 fully saturated rings. The average Bonchev–Trinajstić information content (AvgIpc) is 2.67. The number of hydrogen-bond donors (Lipinski definition) is 0. The molecule has 0 saturated carbocycles. The third kappa shape index (κ3) is 3.11. The van der Waals surface area contributed by atoms with Crippen LogP contribution < -0.4 is 0 Å². The van der Waals surface area contributed by atoms with Gasteiger partial charge in [-0.2, -0.15) is 5.10 Å². The fourth-order valence-corrected chi connectivity index (χ4v) is 2.34. The molecule has 19 heavy (non-hydrogen) atoms. The molecule has 100 valence electrons. The van der Waals surface area contributed by atoms with E-state index in [1.165, 1.54) is 15.8 Å². The van der Waals surface area contributed by atoms with Crippen LogP contribution in [0.2, 0.25) is 0 Å². The van der Waals surface area contributed by atoms with E-state index in [0.717, 1.165) is 17.8 Å².